The van der Waals surface area contributed by atoms with E-state index in [0.29, 0.717) is 0 Å². The lowest BCUT2D eigenvalue weighted by atomic mass is 10.1. The maximum absolute atomic E-state index is 3.16. The Hall–Kier alpha value is -1.26. The number of aryl methyl sites for hydroxylation is 1. The van der Waals surface area contributed by atoms with Gasteiger partial charge in [-0.3, -0.25) is 0 Å². The zero-order valence-electron chi connectivity index (χ0n) is 8.38. The van der Waals surface area contributed by atoms with Crippen LogP contribution < -0.4 is 0 Å². The predicted molar refractivity (Wildman–Crippen MR) is 57.8 cm³/mol. The molecule has 1 rings (SSSR count). The Morgan fingerprint density at radius 1 is 1.23 bits per heavy atom. The van der Waals surface area contributed by atoms with Crippen LogP contribution in [-0.4, -0.2) is 0 Å². The molecule has 0 heteroatoms. The maximum Gasteiger partial charge on any atom is -0.00187 e. The Morgan fingerprint density at radius 2 is 2.00 bits per heavy atom. The molecule has 0 aliphatic carbocycles. The largest absolute Gasteiger partial charge is 0.129 e. The van der Waals surface area contributed by atoms with Crippen molar-refractivity contribution in [2.24, 2.45) is 0 Å². The molecule has 0 atom stereocenters. The van der Waals surface area contributed by atoms with E-state index < -0.39 is 0 Å². The van der Waals surface area contributed by atoms with E-state index in [1.807, 2.05) is 0 Å². The van der Waals surface area contributed by atoms with E-state index in [2.05, 4.69) is 56.0 Å². The van der Waals surface area contributed by atoms with E-state index in [1.54, 1.807) is 0 Å². The molecule has 0 spiro atoms. The third kappa shape index (κ3) is 3.31. The molecule has 0 nitrogen and oxygen atoms in total. The molecule has 1 aromatic rings. The van der Waals surface area contributed by atoms with Crippen LogP contribution in [0.2, 0.25) is 0 Å². The molecular formula is C13H16. The van der Waals surface area contributed by atoms with Gasteiger partial charge in [0.15, 0.2) is 0 Å². The van der Waals surface area contributed by atoms with Crippen molar-refractivity contribution in [3.63, 3.8) is 0 Å². The summed E-state index contributed by atoms with van der Waals surface area (Å²) in [6, 6.07) is 8.47. The van der Waals surface area contributed by atoms with Gasteiger partial charge in [0, 0.05) is 0 Å². The Kier molecular flexibility index (Phi) is 4.08. The van der Waals surface area contributed by atoms with Crippen molar-refractivity contribution in [3.05, 3.63) is 53.3 Å². The van der Waals surface area contributed by atoms with Crippen LogP contribution in [0, 0.1) is 6.92 Å². The van der Waals surface area contributed by atoms with Crippen molar-refractivity contribution in [2.45, 2.75) is 26.7 Å². The minimum atomic E-state index is 0.989. The molecule has 0 aromatic heterocycles. The van der Waals surface area contributed by atoms with Crippen LogP contribution in [0.1, 0.15) is 24.5 Å². The summed E-state index contributed by atoms with van der Waals surface area (Å²) in [4.78, 5) is 0. The van der Waals surface area contributed by atoms with Crippen LogP contribution in [0.3, 0.4) is 0 Å². The van der Waals surface area contributed by atoms with Crippen LogP contribution in [0.15, 0.2) is 42.1 Å². The highest BCUT2D eigenvalue weighted by Crippen LogP contribution is 2.07. The van der Waals surface area contributed by atoms with Crippen molar-refractivity contribution in [1.29, 1.82) is 0 Å². The zero-order chi connectivity index (χ0) is 9.52. The first kappa shape index (κ1) is 9.83. The van der Waals surface area contributed by atoms with Crippen molar-refractivity contribution in [3.8, 4) is 0 Å². The zero-order valence-corrected chi connectivity index (χ0v) is 8.38. The van der Waals surface area contributed by atoms with Crippen molar-refractivity contribution >= 4 is 0 Å². The number of hydrogen-bond donors (Lipinski definition) is 0. The van der Waals surface area contributed by atoms with Gasteiger partial charge in [-0.2, -0.15) is 0 Å². The first-order chi connectivity index (χ1) is 6.34. The van der Waals surface area contributed by atoms with E-state index in [9.17, 15) is 0 Å². The lowest BCUT2D eigenvalue weighted by molar-refractivity contribution is 1.20. The number of benzene rings is 1. The summed E-state index contributed by atoms with van der Waals surface area (Å²) in [6.07, 6.45) is 6.19. The monoisotopic (exact) mass is 172 g/mol. The highest BCUT2D eigenvalue weighted by molar-refractivity contribution is 5.27. The third-order valence-electron chi connectivity index (χ3n) is 2.02. The smallest absolute Gasteiger partial charge is 0.00187 e. The summed E-state index contributed by atoms with van der Waals surface area (Å²) in [6.45, 7) is 4.27. The quantitative estimate of drug-likeness (QED) is 0.610. The molecular weight excluding hydrogens is 156 g/mol. The first-order valence-corrected chi connectivity index (χ1v) is 4.78. The van der Waals surface area contributed by atoms with Crippen LogP contribution in [0.25, 0.3) is 0 Å². The summed E-state index contributed by atoms with van der Waals surface area (Å²) < 4.78 is 0. The summed E-state index contributed by atoms with van der Waals surface area (Å²) in [5, 5.41) is 0. The molecule has 0 bridgehead atoms. The van der Waals surface area contributed by atoms with Gasteiger partial charge in [-0.15, -0.1) is 5.73 Å². The molecule has 13 heavy (non-hydrogen) atoms. The van der Waals surface area contributed by atoms with Crippen LogP contribution in [0.4, 0.5) is 0 Å². The minimum absolute atomic E-state index is 0.989. The van der Waals surface area contributed by atoms with Crippen LogP contribution in [-0.2, 0) is 6.42 Å². The highest BCUT2D eigenvalue weighted by atomic mass is 14.0. The molecule has 0 saturated carbocycles. The lowest BCUT2D eigenvalue weighted by Gasteiger charge is -1.99. The molecule has 1 aromatic carbocycles. The molecule has 0 amide bonds. The van der Waals surface area contributed by atoms with Crippen molar-refractivity contribution in [1.82, 2.24) is 0 Å². The predicted octanol–water partition coefficient (Wildman–Crippen LogP) is 3.66. The van der Waals surface area contributed by atoms with E-state index in [0.717, 1.165) is 12.8 Å². The topological polar surface area (TPSA) is 0 Å². The summed E-state index contributed by atoms with van der Waals surface area (Å²) in [5.74, 6) is 0. The molecule has 0 radical (unpaired) electrons. The SMILES string of the molecule is CCC=C=CCc1ccccc1C. The molecule has 0 N–H and O–H groups in total. The van der Waals surface area contributed by atoms with Gasteiger partial charge in [0.05, 0.1) is 0 Å². The fraction of sp³-hybridized carbons (Fsp3) is 0.308. The van der Waals surface area contributed by atoms with Crippen LogP contribution >= 0.6 is 0 Å². The first-order valence-electron chi connectivity index (χ1n) is 4.78. The molecule has 0 fully saturated rings. The normalized spacial score (nSPS) is 9.08. The van der Waals surface area contributed by atoms with Gasteiger partial charge in [-0.25, -0.2) is 0 Å². The van der Waals surface area contributed by atoms with Crippen molar-refractivity contribution in [2.75, 3.05) is 0 Å². The third-order valence-corrected chi connectivity index (χ3v) is 2.02. The summed E-state index contributed by atoms with van der Waals surface area (Å²) in [7, 11) is 0. The molecule has 0 heterocycles. The van der Waals surface area contributed by atoms with E-state index in [4.69, 9.17) is 0 Å². The van der Waals surface area contributed by atoms with Gasteiger partial charge >= 0.3 is 0 Å². The fourth-order valence-electron chi connectivity index (χ4n) is 1.21. The maximum atomic E-state index is 3.16. The van der Waals surface area contributed by atoms with Crippen molar-refractivity contribution < 1.29 is 0 Å². The molecule has 0 aliphatic heterocycles. The molecule has 0 saturated heterocycles. The standard InChI is InChI=1S/C13H16/c1-3-4-5-6-10-13-11-8-7-9-12(13)2/h4,6-9,11H,3,10H2,1-2H3. The highest BCUT2D eigenvalue weighted by Gasteiger charge is 1.91. The second-order valence-corrected chi connectivity index (χ2v) is 3.11. The van der Waals surface area contributed by atoms with Gasteiger partial charge in [0.25, 0.3) is 0 Å². The van der Waals surface area contributed by atoms with Gasteiger partial charge < -0.3 is 0 Å². The summed E-state index contributed by atoms with van der Waals surface area (Å²) in [5.41, 5.74) is 5.91. The van der Waals surface area contributed by atoms with E-state index in [1.165, 1.54) is 11.1 Å². The Labute approximate surface area is 80.6 Å². The minimum Gasteiger partial charge on any atom is -0.129 e. The number of hydrogen-bond acceptors (Lipinski definition) is 0. The Balaban J connectivity index is 2.64. The average molecular weight is 172 g/mol. The van der Waals surface area contributed by atoms with Gasteiger partial charge in [0.1, 0.15) is 0 Å². The lowest BCUT2D eigenvalue weighted by Crippen LogP contribution is -1.84. The van der Waals surface area contributed by atoms with Gasteiger partial charge in [0.2, 0.25) is 0 Å². The summed E-state index contributed by atoms with van der Waals surface area (Å²) >= 11 is 0. The second kappa shape index (κ2) is 5.40. The number of rotatable bonds is 3. The van der Waals surface area contributed by atoms with Gasteiger partial charge in [-0.05, 0) is 43.0 Å². The molecule has 0 unspecified atom stereocenters. The molecule has 0 aliphatic rings. The average Bonchev–Trinajstić information content (AvgIpc) is 2.15. The van der Waals surface area contributed by atoms with E-state index in [-0.39, 0.29) is 0 Å². The number of allylic oxidation sites excluding steroid dienone is 1. The van der Waals surface area contributed by atoms with Gasteiger partial charge in [-0.1, -0.05) is 31.2 Å². The molecule has 68 valence electrons. The second-order valence-electron chi connectivity index (χ2n) is 3.11. The van der Waals surface area contributed by atoms with Crippen LogP contribution in [0.5, 0.6) is 0 Å². The Morgan fingerprint density at radius 3 is 2.69 bits per heavy atom. The Bertz CT molecular complexity index is 315. The van der Waals surface area contributed by atoms with E-state index >= 15 is 0 Å². The fourth-order valence-corrected chi connectivity index (χ4v) is 1.21.